The highest BCUT2D eigenvalue weighted by Crippen LogP contribution is 2.24. The summed E-state index contributed by atoms with van der Waals surface area (Å²) >= 11 is 5.98. The van der Waals surface area contributed by atoms with Gasteiger partial charge < -0.3 is 5.32 Å². The number of nitrogens with one attached hydrogen (secondary N) is 1. The highest BCUT2D eigenvalue weighted by atomic mass is 35.5. The first-order chi connectivity index (χ1) is 12.1. The topological polar surface area (TPSA) is 80.4 Å². The van der Waals surface area contributed by atoms with Crippen molar-refractivity contribution in [3.8, 4) is 0 Å². The van der Waals surface area contributed by atoms with Crippen LogP contribution in [0, 0.1) is 10.1 Å². The molecule has 1 heterocycles. The first-order valence-electron chi connectivity index (χ1n) is 7.66. The van der Waals surface area contributed by atoms with Gasteiger partial charge >= 0.3 is 0 Å². The molecule has 1 N–H and O–H groups in total. The highest BCUT2D eigenvalue weighted by Gasteiger charge is 2.04. The molecule has 6 nitrogen and oxygen atoms in total. The van der Waals surface area contributed by atoms with Gasteiger partial charge in [0.2, 0.25) is 0 Å². The predicted molar refractivity (Wildman–Crippen MR) is 101 cm³/mol. The molecule has 126 valence electrons. The SMILES string of the molecule is O=[N+]([O-])c1cccc(C=NCCNc2ccnc3cc(Cl)ccc23)c1. The Bertz CT molecular complexity index is 943. The molecule has 0 fully saturated rings. The summed E-state index contributed by atoms with van der Waals surface area (Å²) in [5, 5.41) is 15.7. The van der Waals surface area contributed by atoms with Gasteiger partial charge in [-0.3, -0.25) is 20.1 Å². The molecule has 3 aromatic rings. The number of pyridine rings is 1. The Hall–Kier alpha value is -2.99. The molecular weight excluding hydrogens is 340 g/mol. The third-order valence-electron chi connectivity index (χ3n) is 3.58. The lowest BCUT2D eigenvalue weighted by molar-refractivity contribution is -0.384. The van der Waals surface area contributed by atoms with E-state index in [4.69, 9.17) is 11.6 Å². The average Bonchev–Trinajstić information content (AvgIpc) is 2.61. The Morgan fingerprint density at radius 1 is 1.24 bits per heavy atom. The maximum atomic E-state index is 10.8. The number of nitro benzene ring substituents is 1. The minimum absolute atomic E-state index is 0.0593. The molecule has 0 bridgehead atoms. The first-order valence-corrected chi connectivity index (χ1v) is 8.04. The number of rotatable bonds is 6. The van der Waals surface area contributed by atoms with Crippen LogP contribution < -0.4 is 5.32 Å². The number of aliphatic imine (C=N–C) groups is 1. The van der Waals surface area contributed by atoms with E-state index < -0.39 is 4.92 Å². The Kier molecular flexibility index (Phi) is 5.20. The van der Waals surface area contributed by atoms with E-state index in [-0.39, 0.29) is 5.69 Å². The summed E-state index contributed by atoms with van der Waals surface area (Å²) in [6.07, 6.45) is 3.37. The number of benzene rings is 2. The molecule has 25 heavy (non-hydrogen) atoms. The van der Waals surface area contributed by atoms with Gasteiger partial charge in [0.05, 0.1) is 17.0 Å². The van der Waals surface area contributed by atoms with E-state index in [1.54, 1.807) is 24.5 Å². The van der Waals surface area contributed by atoms with Crippen molar-refractivity contribution in [2.24, 2.45) is 4.99 Å². The van der Waals surface area contributed by atoms with Crippen LogP contribution in [0.25, 0.3) is 10.9 Å². The number of hydrogen-bond donors (Lipinski definition) is 1. The lowest BCUT2D eigenvalue weighted by Crippen LogP contribution is -2.05. The van der Waals surface area contributed by atoms with Crippen molar-refractivity contribution in [2.75, 3.05) is 18.4 Å². The fourth-order valence-electron chi connectivity index (χ4n) is 2.42. The van der Waals surface area contributed by atoms with Crippen molar-refractivity contribution in [1.82, 2.24) is 4.98 Å². The lowest BCUT2D eigenvalue weighted by Gasteiger charge is -2.08. The predicted octanol–water partition coefficient (Wildman–Crippen LogP) is 4.33. The van der Waals surface area contributed by atoms with E-state index in [1.807, 2.05) is 24.3 Å². The fraction of sp³-hybridized carbons (Fsp3) is 0.111. The van der Waals surface area contributed by atoms with Crippen molar-refractivity contribution in [3.63, 3.8) is 0 Å². The van der Waals surface area contributed by atoms with Gasteiger partial charge in [-0.2, -0.15) is 0 Å². The van der Waals surface area contributed by atoms with Crippen LogP contribution in [0.4, 0.5) is 11.4 Å². The van der Waals surface area contributed by atoms with E-state index in [2.05, 4.69) is 15.3 Å². The molecule has 0 spiro atoms. The quantitative estimate of drug-likeness (QED) is 0.309. The van der Waals surface area contributed by atoms with Gasteiger partial charge in [0.15, 0.2) is 0 Å². The van der Waals surface area contributed by atoms with Crippen molar-refractivity contribution < 1.29 is 4.92 Å². The van der Waals surface area contributed by atoms with Crippen LogP contribution >= 0.6 is 11.6 Å². The van der Waals surface area contributed by atoms with Crippen molar-refractivity contribution in [3.05, 3.63) is 75.4 Å². The van der Waals surface area contributed by atoms with Gasteiger partial charge in [-0.15, -0.1) is 0 Å². The van der Waals surface area contributed by atoms with E-state index >= 15 is 0 Å². The molecule has 7 heteroatoms. The van der Waals surface area contributed by atoms with Gasteiger partial charge in [0.1, 0.15) is 0 Å². The molecule has 0 unspecified atom stereocenters. The zero-order chi connectivity index (χ0) is 17.6. The Morgan fingerprint density at radius 3 is 2.96 bits per heavy atom. The number of anilines is 1. The second-order valence-electron chi connectivity index (χ2n) is 5.33. The molecule has 0 aliphatic heterocycles. The van der Waals surface area contributed by atoms with Crippen LogP contribution in [0.1, 0.15) is 5.56 Å². The van der Waals surface area contributed by atoms with E-state index in [9.17, 15) is 10.1 Å². The summed E-state index contributed by atoms with van der Waals surface area (Å²) in [7, 11) is 0. The molecule has 0 saturated heterocycles. The summed E-state index contributed by atoms with van der Waals surface area (Å²) in [4.78, 5) is 18.9. The number of nitro groups is 1. The standard InChI is InChI=1S/C18H15ClN4O2/c19-14-4-5-16-17(6-7-21-18(16)11-14)22-9-8-20-12-13-2-1-3-15(10-13)23(24)25/h1-7,10-12H,8-9H2,(H,21,22). The third kappa shape index (κ3) is 4.30. The summed E-state index contributed by atoms with van der Waals surface area (Å²) in [5.74, 6) is 0. The van der Waals surface area contributed by atoms with Gasteiger partial charge in [-0.25, -0.2) is 0 Å². The molecule has 0 aliphatic rings. The summed E-state index contributed by atoms with van der Waals surface area (Å²) in [6, 6.07) is 13.9. The average molecular weight is 355 g/mol. The van der Waals surface area contributed by atoms with Gasteiger partial charge in [0.25, 0.3) is 5.69 Å². The van der Waals surface area contributed by atoms with E-state index in [0.29, 0.717) is 23.7 Å². The Balaban J connectivity index is 1.60. The monoisotopic (exact) mass is 354 g/mol. The fourth-order valence-corrected chi connectivity index (χ4v) is 2.59. The van der Waals surface area contributed by atoms with Crippen LogP contribution in [0.3, 0.4) is 0 Å². The van der Waals surface area contributed by atoms with Gasteiger partial charge in [-0.05, 0) is 29.8 Å². The zero-order valence-corrected chi connectivity index (χ0v) is 14.0. The minimum Gasteiger partial charge on any atom is -0.383 e. The number of aromatic nitrogens is 1. The summed E-state index contributed by atoms with van der Waals surface area (Å²) in [5.41, 5.74) is 2.56. The Labute approximate surface area is 149 Å². The van der Waals surface area contributed by atoms with Crippen LogP contribution in [-0.2, 0) is 0 Å². The molecule has 3 rings (SSSR count). The lowest BCUT2D eigenvalue weighted by atomic mass is 10.2. The van der Waals surface area contributed by atoms with Crippen molar-refractivity contribution in [1.29, 1.82) is 0 Å². The van der Waals surface area contributed by atoms with Crippen LogP contribution in [0.5, 0.6) is 0 Å². The molecule has 0 amide bonds. The van der Waals surface area contributed by atoms with Crippen molar-refractivity contribution in [2.45, 2.75) is 0 Å². The number of fused-ring (bicyclic) bond motifs is 1. The number of nitrogens with zero attached hydrogens (tertiary/aromatic N) is 3. The Morgan fingerprint density at radius 2 is 2.12 bits per heavy atom. The number of hydrogen-bond acceptors (Lipinski definition) is 5. The largest absolute Gasteiger partial charge is 0.383 e. The smallest absolute Gasteiger partial charge is 0.270 e. The number of non-ortho nitro benzene ring substituents is 1. The molecule has 2 aromatic carbocycles. The molecule has 0 aliphatic carbocycles. The maximum absolute atomic E-state index is 10.8. The summed E-state index contributed by atoms with van der Waals surface area (Å²) < 4.78 is 0. The molecule has 0 atom stereocenters. The molecule has 0 radical (unpaired) electrons. The van der Waals surface area contributed by atoms with E-state index in [0.717, 1.165) is 16.6 Å². The minimum atomic E-state index is -0.417. The van der Waals surface area contributed by atoms with Crippen LogP contribution in [-0.4, -0.2) is 29.2 Å². The van der Waals surface area contributed by atoms with Crippen LogP contribution in [0.15, 0.2) is 59.7 Å². The van der Waals surface area contributed by atoms with E-state index in [1.165, 1.54) is 12.1 Å². The van der Waals surface area contributed by atoms with Gasteiger partial charge in [0, 0.05) is 47.2 Å². The molecule has 1 aromatic heterocycles. The second-order valence-corrected chi connectivity index (χ2v) is 5.77. The first kappa shape index (κ1) is 16.9. The van der Waals surface area contributed by atoms with Crippen LogP contribution in [0.2, 0.25) is 5.02 Å². The maximum Gasteiger partial charge on any atom is 0.270 e. The molecular formula is C18H15ClN4O2. The van der Waals surface area contributed by atoms with Gasteiger partial charge in [-0.1, -0.05) is 23.7 Å². The number of halogens is 1. The third-order valence-corrected chi connectivity index (χ3v) is 3.82. The summed E-state index contributed by atoms with van der Waals surface area (Å²) in [6.45, 7) is 1.17. The normalized spacial score (nSPS) is 11.1. The highest BCUT2D eigenvalue weighted by molar-refractivity contribution is 6.31. The molecule has 0 saturated carbocycles. The second kappa shape index (κ2) is 7.72. The van der Waals surface area contributed by atoms with Crippen molar-refractivity contribution >= 4 is 40.1 Å². The zero-order valence-electron chi connectivity index (χ0n) is 13.2.